The first-order valence-corrected chi connectivity index (χ1v) is 8.12. The minimum Gasteiger partial charge on any atom is -0.331 e. The molecule has 0 aliphatic heterocycles. The van der Waals surface area contributed by atoms with Crippen LogP contribution in [0.1, 0.15) is 11.1 Å². The summed E-state index contributed by atoms with van der Waals surface area (Å²) >= 11 is 11.3. The van der Waals surface area contributed by atoms with Crippen molar-refractivity contribution in [3.8, 4) is 0 Å². The molecule has 102 valence electrons. The highest BCUT2D eigenvalue weighted by Crippen LogP contribution is 2.35. The standard InChI is InChI=1S/C15H12BrClN2S/c1-8-6-10(16)7-9(2)13(8)19-15-18-12-5-3-4-11(17)14(12)20-15/h3-7H,1-2H3,(H,18,19). The van der Waals surface area contributed by atoms with E-state index < -0.39 is 0 Å². The lowest BCUT2D eigenvalue weighted by Crippen LogP contribution is -1.95. The van der Waals surface area contributed by atoms with Crippen LogP contribution in [0.3, 0.4) is 0 Å². The maximum Gasteiger partial charge on any atom is 0.188 e. The van der Waals surface area contributed by atoms with Gasteiger partial charge < -0.3 is 5.32 Å². The molecule has 1 N–H and O–H groups in total. The Kier molecular flexibility index (Phi) is 3.71. The van der Waals surface area contributed by atoms with Crippen molar-refractivity contribution in [2.24, 2.45) is 0 Å². The molecule has 0 atom stereocenters. The van der Waals surface area contributed by atoms with E-state index in [9.17, 15) is 0 Å². The molecule has 0 amide bonds. The number of halogens is 2. The van der Waals surface area contributed by atoms with Gasteiger partial charge in [-0.15, -0.1) is 0 Å². The van der Waals surface area contributed by atoms with Crippen molar-refractivity contribution in [1.29, 1.82) is 0 Å². The molecule has 0 saturated carbocycles. The first-order chi connectivity index (χ1) is 9.54. The van der Waals surface area contributed by atoms with Crippen LogP contribution in [-0.2, 0) is 0 Å². The second-order valence-corrected chi connectivity index (χ2v) is 6.97. The molecule has 2 nitrogen and oxygen atoms in total. The van der Waals surface area contributed by atoms with Gasteiger partial charge in [0.15, 0.2) is 5.13 Å². The van der Waals surface area contributed by atoms with Gasteiger partial charge in [-0.1, -0.05) is 44.9 Å². The summed E-state index contributed by atoms with van der Waals surface area (Å²) in [5, 5.41) is 5.02. The lowest BCUT2D eigenvalue weighted by Gasteiger charge is -2.11. The van der Waals surface area contributed by atoms with Crippen LogP contribution < -0.4 is 5.32 Å². The van der Waals surface area contributed by atoms with Gasteiger partial charge in [0, 0.05) is 10.2 Å². The number of fused-ring (bicyclic) bond motifs is 1. The van der Waals surface area contributed by atoms with E-state index in [1.807, 2.05) is 18.2 Å². The van der Waals surface area contributed by atoms with E-state index in [4.69, 9.17) is 11.6 Å². The van der Waals surface area contributed by atoms with Gasteiger partial charge in [0.25, 0.3) is 0 Å². The molecule has 0 aliphatic rings. The SMILES string of the molecule is Cc1cc(Br)cc(C)c1Nc1nc2cccc(Cl)c2s1. The molecule has 1 aromatic heterocycles. The molecule has 0 bridgehead atoms. The second kappa shape index (κ2) is 5.35. The molecule has 20 heavy (non-hydrogen) atoms. The number of aromatic nitrogens is 1. The molecule has 0 saturated heterocycles. The molecule has 0 radical (unpaired) electrons. The Balaban J connectivity index is 2.04. The molecule has 3 rings (SSSR count). The van der Waals surface area contributed by atoms with Gasteiger partial charge in [-0.2, -0.15) is 0 Å². The average Bonchev–Trinajstić information content (AvgIpc) is 2.78. The van der Waals surface area contributed by atoms with Crippen molar-refractivity contribution < 1.29 is 0 Å². The van der Waals surface area contributed by atoms with Gasteiger partial charge in [-0.3, -0.25) is 0 Å². The van der Waals surface area contributed by atoms with Crippen LogP contribution in [-0.4, -0.2) is 4.98 Å². The van der Waals surface area contributed by atoms with Gasteiger partial charge in [-0.25, -0.2) is 4.98 Å². The van der Waals surface area contributed by atoms with Crippen molar-refractivity contribution in [2.75, 3.05) is 5.32 Å². The van der Waals surface area contributed by atoms with Crippen molar-refractivity contribution in [3.63, 3.8) is 0 Å². The van der Waals surface area contributed by atoms with Gasteiger partial charge >= 0.3 is 0 Å². The molecule has 0 spiro atoms. The van der Waals surface area contributed by atoms with Gasteiger partial charge in [0.05, 0.1) is 15.2 Å². The fourth-order valence-electron chi connectivity index (χ4n) is 2.18. The van der Waals surface area contributed by atoms with E-state index in [1.54, 1.807) is 11.3 Å². The number of aryl methyl sites for hydroxylation is 2. The highest BCUT2D eigenvalue weighted by Gasteiger charge is 2.10. The molecule has 0 fully saturated rings. The maximum absolute atomic E-state index is 6.19. The van der Waals surface area contributed by atoms with Gasteiger partial charge in [0.1, 0.15) is 0 Å². The number of thiazole rings is 1. The van der Waals surface area contributed by atoms with E-state index in [2.05, 4.69) is 52.2 Å². The zero-order valence-corrected chi connectivity index (χ0v) is 14.2. The summed E-state index contributed by atoms with van der Waals surface area (Å²) < 4.78 is 2.11. The smallest absolute Gasteiger partial charge is 0.188 e. The number of rotatable bonds is 2. The molecule has 0 aliphatic carbocycles. The number of hydrogen-bond acceptors (Lipinski definition) is 3. The van der Waals surface area contributed by atoms with E-state index in [0.717, 1.165) is 30.5 Å². The van der Waals surface area contributed by atoms with E-state index in [0.29, 0.717) is 0 Å². The molecule has 3 aromatic rings. The van der Waals surface area contributed by atoms with E-state index in [-0.39, 0.29) is 0 Å². The highest BCUT2D eigenvalue weighted by molar-refractivity contribution is 9.10. The Morgan fingerprint density at radius 3 is 2.55 bits per heavy atom. The minimum absolute atomic E-state index is 0.748. The Morgan fingerprint density at radius 2 is 1.90 bits per heavy atom. The Bertz CT molecular complexity index is 775. The summed E-state index contributed by atoms with van der Waals surface area (Å²) in [6.07, 6.45) is 0. The minimum atomic E-state index is 0.748. The zero-order chi connectivity index (χ0) is 14.3. The first-order valence-electron chi connectivity index (χ1n) is 6.13. The van der Waals surface area contributed by atoms with Crippen LogP contribution in [0.4, 0.5) is 10.8 Å². The number of anilines is 2. The van der Waals surface area contributed by atoms with Crippen molar-refractivity contribution in [3.05, 3.63) is 51.0 Å². The Labute approximate surface area is 134 Å². The summed E-state index contributed by atoms with van der Waals surface area (Å²) in [4.78, 5) is 4.58. The largest absolute Gasteiger partial charge is 0.331 e. The summed E-state index contributed by atoms with van der Waals surface area (Å²) in [5.41, 5.74) is 4.39. The van der Waals surface area contributed by atoms with Crippen LogP contribution in [0.2, 0.25) is 5.02 Å². The van der Waals surface area contributed by atoms with E-state index in [1.165, 1.54) is 11.1 Å². The monoisotopic (exact) mass is 366 g/mol. The lowest BCUT2D eigenvalue weighted by molar-refractivity contribution is 1.33. The molecule has 2 aromatic carbocycles. The number of benzene rings is 2. The van der Waals surface area contributed by atoms with Gasteiger partial charge in [0.2, 0.25) is 0 Å². The van der Waals surface area contributed by atoms with Crippen LogP contribution in [0.25, 0.3) is 10.2 Å². The first kappa shape index (κ1) is 13.9. The van der Waals surface area contributed by atoms with Crippen LogP contribution >= 0.6 is 38.9 Å². The number of nitrogens with zero attached hydrogens (tertiary/aromatic N) is 1. The quantitative estimate of drug-likeness (QED) is 0.594. The lowest BCUT2D eigenvalue weighted by atomic mass is 10.1. The van der Waals surface area contributed by atoms with Crippen molar-refractivity contribution >= 4 is 59.9 Å². The highest BCUT2D eigenvalue weighted by atomic mass is 79.9. The molecule has 0 unspecified atom stereocenters. The number of hydrogen-bond donors (Lipinski definition) is 1. The summed E-state index contributed by atoms with van der Waals surface area (Å²) in [6, 6.07) is 9.97. The third-order valence-electron chi connectivity index (χ3n) is 3.10. The van der Waals surface area contributed by atoms with E-state index >= 15 is 0 Å². The molecular weight excluding hydrogens is 356 g/mol. The average molecular weight is 368 g/mol. The normalized spacial score (nSPS) is 11.0. The van der Waals surface area contributed by atoms with Crippen molar-refractivity contribution in [2.45, 2.75) is 13.8 Å². The molecule has 1 heterocycles. The predicted molar refractivity (Wildman–Crippen MR) is 91.5 cm³/mol. The summed E-state index contributed by atoms with van der Waals surface area (Å²) in [5.74, 6) is 0. The predicted octanol–water partition coefficient (Wildman–Crippen LogP) is 6.07. The van der Waals surface area contributed by atoms with Crippen molar-refractivity contribution in [1.82, 2.24) is 4.98 Å². The van der Waals surface area contributed by atoms with Gasteiger partial charge in [-0.05, 0) is 49.2 Å². The summed E-state index contributed by atoms with van der Waals surface area (Å²) in [6.45, 7) is 4.17. The van der Waals surface area contributed by atoms with Crippen LogP contribution in [0.5, 0.6) is 0 Å². The Morgan fingerprint density at radius 1 is 1.20 bits per heavy atom. The van der Waals surface area contributed by atoms with Crippen LogP contribution in [0.15, 0.2) is 34.8 Å². The third-order valence-corrected chi connectivity index (χ3v) is 5.00. The third kappa shape index (κ3) is 2.55. The summed E-state index contributed by atoms with van der Waals surface area (Å²) in [7, 11) is 0. The maximum atomic E-state index is 6.19. The zero-order valence-electron chi connectivity index (χ0n) is 11.0. The fraction of sp³-hybridized carbons (Fsp3) is 0.133. The topological polar surface area (TPSA) is 24.9 Å². The Hall–Kier alpha value is -1.10. The fourth-order valence-corrected chi connectivity index (χ4v) is 4.03. The molecule has 5 heteroatoms. The number of nitrogens with one attached hydrogen (secondary N) is 1. The van der Waals surface area contributed by atoms with Crippen LogP contribution in [0, 0.1) is 13.8 Å². The second-order valence-electron chi connectivity index (χ2n) is 4.65. The molecular formula is C15H12BrClN2S.